The highest BCUT2D eigenvalue weighted by atomic mass is 35.5. The lowest BCUT2D eigenvalue weighted by atomic mass is 9.98. The van der Waals surface area contributed by atoms with Crippen molar-refractivity contribution >= 4 is 24.5 Å². The van der Waals surface area contributed by atoms with E-state index in [2.05, 4.69) is 36.2 Å². The lowest BCUT2D eigenvalue weighted by molar-refractivity contribution is -0.145. The van der Waals surface area contributed by atoms with Crippen LogP contribution in [0.1, 0.15) is 36.3 Å². The first kappa shape index (κ1) is 24.4. The maximum atomic E-state index is 12.5. The van der Waals surface area contributed by atoms with Crippen LogP contribution in [0, 0.1) is 0 Å². The van der Waals surface area contributed by atoms with Gasteiger partial charge in [-0.25, -0.2) is 9.59 Å². The molecule has 0 bridgehead atoms. The normalized spacial score (nSPS) is 12.7. The summed E-state index contributed by atoms with van der Waals surface area (Å²) in [5.74, 6) is -0.535. The molecule has 0 heterocycles. The zero-order valence-electron chi connectivity index (χ0n) is 17.4. The molecule has 0 saturated heterocycles. The Kier molecular flexibility index (Phi) is 9.56. The van der Waals surface area contributed by atoms with Gasteiger partial charge in [-0.15, -0.1) is 12.4 Å². The van der Waals surface area contributed by atoms with Crippen LogP contribution < -0.4 is 11.1 Å². The highest BCUT2D eigenvalue weighted by molar-refractivity contribution is 5.85. The van der Waals surface area contributed by atoms with Gasteiger partial charge in [0.1, 0.15) is 19.3 Å². The first-order valence-corrected chi connectivity index (χ1v) is 10.2. The number of alkyl carbamates (subject to hydrolysis) is 1. The van der Waals surface area contributed by atoms with Crippen LogP contribution >= 0.6 is 12.4 Å². The molecule has 0 radical (unpaired) electrons. The number of benzene rings is 2. The smallest absolute Gasteiger partial charge is 0.407 e. The number of hydrogen-bond donors (Lipinski definition) is 2. The summed E-state index contributed by atoms with van der Waals surface area (Å²) >= 11 is 0. The van der Waals surface area contributed by atoms with Crippen molar-refractivity contribution in [3.05, 3.63) is 72.3 Å². The number of ether oxygens (including phenoxy) is 2. The maximum Gasteiger partial charge on any atom is 0.407 e. The average molecular weight is 445 g/mol. The molecule has 0 spiro atoms. The van der Waals surface area contributed by atoms with Gasteiger partial charge in [0.15, 0.2) is 0 Å². The van der Waals surface area contributed by atoms with Gasteiger partial charge in [0.05, 0.1) is 0 Å². The van der Waals surface area contributed by atoms with E-state index in [1.54, 1.807) is 0 Å². The molecule has 1 aliphatic rings. The Morgan fingerprint density at radius 1 is 1.03 bits per heavy atom. The standard InChI is InChI=1S/C24H28N2O4.ClH/c1-2-15-29-23(27)22(13-7-8-14-25)26-24(28)30-16-21-19-11-5-3-9-17(19)18-10-4-6-12-20(18)21;/h2-6,9-12,21-22H,1,7-8,13-16,25H2,(H,26,28);1H/t22-;/m0./s1. The Morgan fingerprint density at radius 2 is 1.65 bits per heavy atom. The fourth-order valence-corrected chi connectivity index (χ4v) is 3.77. The van der Waals surface area contributed by atoms with Crippen molar-refractivity contribution in [3.8, 4) is 11.1 Å². The summed E-state index contributed by atoms with van der Waals surface area (Å²) in [5.41, 5.74) is 10.1. The van der Waals surface area contributed by atoms with Crippen molar-refractivity contribution in [1.29, 1.82) is 0 Å². The number of halogens is 1. The lowest BCUT2D eigenvalue weighted by Gasteiger charge is -2.19. The van der Waals surface area contributed by atoms with E-state index in [0.717, 1.165) is 28.7 Å². The van der Waals surface area contributed by atoms with Crippen molar-refractivity contribution in [3.63, 3.8) is 0 Å². The van der Waals surface area contributed by atoms with E-state index in [1.165, 1.54) is 6.08 Å². The predicted octanol–water partition coefficient (Wildman–Crippen LogP) is 4.17. The number of rotatable bonds is 10. The van der Waals surface area contributed by atoms with Crippen molar-refractivity contribution in [2.75, 3.05) is 19.8 Å². The van der Waals surface area contributed by atoms with Crippen LogP contribution in [-0.4, -0.2) is 37.9 Å². The van der Waals surface area contributed by atoms with Crippen LogP contribution in [-0.2, 0) is 14.3 Å². The van der Waals surface area contributed by atoms with Crippen LogP contribution in [0.5, 0.6) is 0 Å². The summed E-state index contributed by atoms with van der Waals surface area (Å²) in [7, 11) is 0. The topological polar surface area (TPSA) is 90.6 Å². The second kappa shape index (κ2) is 12.1. The van der Waals surface area contributed by atoms with E-state index in [9.17, 15) is 9.59 Å². The van der Waals surface area contributed by atoms with Gasteiger partial charge < -0.3 is 20.5 Å². The number of esters is 1. The van der Waals surface area contributed by atoms with Crippen molar-refractivity contribution in [1.82, 2.24) is 5.32 Å². The van der Waals surface area contributed by atoms with Crippen LogP contribution in [0.3, 0.4) is 0 Å². The Balaban J connectivity index is 0.00000341. The maximum absolute atomic E-state index is 12.5. The van der Waals surface area contributed by atoms with Gasteiger partial charge in [0.25, 0.3) is 0 Å². The molecule has 7 heteroatoms. The lowest BCUT2D eigenvalue weighted by Crippen LogP contribution is -2.42. The fraction of sp³-hybridized carbons (Fsp3) is 0.333. The summed E-state index contributed by atoms with van der Waals surface area (Å²) in [6, 6.07) is 15.5. The number of nitrogens with two attached hydrogens (primary N) is 1. The molecule has 1 amide bonds. The second-order valence-corrected chi connectivity index (χ2v) is 7.23. The molecule has 2 aromatic rings. The predicted molar refractivity (Wildman–Crippen MR) is 123 cm³/mol. The number of nitrogens with one attached hydrogen (secondary N) is 1. The largest absolute Gasteiger partial charge is 0.460 e. The van der Waals surface area contributed by atoms with Crippen LogP contribution in [0.2, 0.25) is 0 Å². The number of carbonyl (C=O) groups excluding carboxylic acids is 2. The minimum Gasteiger partial charge on any atom is -0.460 e. The fourth-order valence-electron chi connectivity index (χ4n) is 3.77. The molecule has 2 aromatic carbocycles. The number of fused-ring (bicyclic) bond motifs is 3. The molecule has 6 nitrogen and oxygen atoms in total. The molecule has 166 valence electrons. The summed E-state index contributed by atoms with van der Waals surface area (Å²) in [6.07, 6.45) is 2.76. The number of amides is 1. The summed E-state index contributed by atoms with van der Waals surface area (Å²) in [6.45, 7) is 4.35. The molecule has 1 aliphatic carbocycles. The Hall–Kier alpha value is -2.83. The van der Waals surface area contributed by atoms with E-state index in [-0.39, 0.29) is 31.5 Å². The molecule has 0 fully saturated rings. The SMILES string of the molecule is C=CCOC(=O)[C@H](CCCCN)NC(=O)OCC1c2ccccc2-c2ccccc21.Cl. The van der Waals surface area contributed by atoms with Gasteiger partial charge in [-0.1, -0.05) is 61.2 Å². The Morgan fingerprint density at radius 3 is 2.23 bits per heavy atom. The van der Waals surface area contributed by atoms with E-state index in [1.807, 2.05) is 24.3 Å². The van der Waals surface area contributed by atoms with E-state index in [0.29, 0.717) is 19.4 Å². The molecular weight excluding hydrogens is 416 g/mol. The third-order valence-corrected chi connectivity index (χ3v) is 5.21. The third kappa shape index (κ3) is 6.09. The van der Waals surface area contributed by atoms with Gasteiger partial charge in [-0.05, 0) is 48.1 Å². The molecule has 0 aromatic heterocycles. The summed E-state index contributed by atoms with van der Waals surface area (Å²) in [4.78, 5) is 24.7. The molecular formula is C24H29ClN2O4. The molecule has 31 heavy (non-hydrogen) atoms. The minimum absolute atomic E-state index is 0. The van der Waals surface area contributed by atoms with E-state index >= 15 is 0 Å². The summed E-state index contributed by atoms with van der Waals surface area (Å²) in [5, 5.41) is 2.65. The number of carbonyl (C=O) groups is 2. The van der Waals surface area contributed by atoms with Crippen LogP contribution in [0.15, 0.2) is 61.2 Å². The van der Waals surface area contributed by atoms with Gasteiger partial charge in [0.2, 0.25) is 0 Å². The average Bonchev–Trinajstić information content (AvgIpc) is 3.09. The number of hydrogen-bond acceptors (Lipinski definition) is 5. The van der Waals surface area contributed by atoms with Gasteiger partial charge in [-0.3, -0.25) is 0 Å². The molecule has 1 atom stereocenters. The van der Waals surface area contributed by atoms with Gasteiger partial charge in [0, 0.05) is 5.92 Å². The molecule has 3 rings (SSSR count). The van der Waals surface area contributed by atoms with Crippen molar-refractivity contribution in [2.24, 2.45) is 5.73 Å². The Bertz CT molecular complexity index is 857. The van der Waals surface area contributed by atoms with Crippen LogP contribution in [0.25, 0.3) is 11.1 Å². The quantitative estimate of drug-likeness (QED) is 0.326. The van der Waals surface area contributed by atoms with E-state index < -0.39 is 18.1 Å². The third-order valence-electron chi connectivity index (χ3n) is 5.21. The molecule has 3 N–H and O–H groups in total. The minimum atomic E-state index is -0.771. The molecule has 0 aliphatic heterocycles. The Labute approximate surface area is 189 Å². The number of unbranched alkanes of at least 4 members (excludes halogenated alkanes) is 1. The first-order valence-electron chi connectivity index (χ1n) is 10.2. The highest BCUT2D eigenvalue weighted by Gasteiger charge is 2.29. The molecule has 0 unspecified atom stereocenters. The van der Waals surface area contributed by atoms with Crippen molar-refractivity contribution in [2.45, 2.75) is 31.2 Å². The first-order chi connectivity index (χ1) is 14.7. The summed E-state index contributed by atoms with van der Waals surface area (Å²) < 4.78 is 10.6. The van der Waals surface area contributed by atoms with Crippen LogP contribution in [0.4, 0.5) is 4.79 Å². The highest BCUT2D eigenvalue weighted by Crippen LogP contribution is 2.44. The van der Waals surface area contributed by atoms with Gasteiger partial charge >= 0.3 is 12.1 Å². The monoisotopic (exact) mass is 444 g/mol. The van der Waals surface area contributed by atoms with Crippen molar-refractivity contribution < 1.29 is 19.1 Å². The van der Waals surface area contributed by atoms with E-state index in [4.69, 9.17) is 15.2 Å². The second-order valence-electron chi connectivity index (χ2n) is 7.23. The zero-order valence-corrected chi connectivity index (χ0v) is 18.2. The van der Waals surface area contributed by atoms with Gasteiger partial charge in [-0.2, -0.15) is 0 Å². The zero-order chi connectivity index (χ0) is 21.3. The molecule has 0 saturated carbocycles.